The van der Waals surface area contributed by atoms with Crippen molar-refractivity contribution >= 4 is 56.6 Å². The van der Waals surface area contributed by atoms with Crippen LogP contribution >= 0.6 is 35.3 Å². The van der Waals surface area contributed by atoms with Gasteiger partial charge in [-0.1, -0.05) is 22.9 Å². The Bertz CT molecular complexity index is 1150. The van der Waals surface area contributed by atoms with Crippen LogP contribution in [0.2, 0.25) is 5.02 Å². The van der Waals surface area contributed by atoms with Gasteiger partial charge in [-0.2, -0.15) is 13.2 Å². The first kappa shape index (κ1) is 29.1. The van der Waals surface area contributed by atoms with Crippen LogP contribution in [0.25, 0.3) is 10.2 Å². The van der Waals surface area contributed by atoms with E-state index >= 15 is 0 Å². The minimum Gasteiger partial charge on any atom is -0.507 e. The van der Waals surface area contributed by atoms with Crippen molar-refractivity contribution in [1.29, 1.82) is 0 Å². The van der Waals surface area contributed by atoms with Crippen molar-refractivity contribution in [3.05, 3.63) is 52.0 Å². The Hall–Kier alpha value is -2.15. The molecule has 3 aromatic rings. The number of anilines is 1. The zero-order chi connectivity index (χ0) is 24.9. The van der Waals surface area contributed by atoms with Gasteiger partial charge in [0.25, 0.3) is 5.91 Å². The number of nitrogens with one attached hydrogen (secondary N) is 1. The molecule has 0 atom stereocenters. The molecule has 1 aromatic heterocycles. The number of nitrogens with zero attached hydrogens (tertiary/aromatic N) is 2. The summed E-state index contributed by atoms with van der Waals surface area (Å²) in [4.78, 5) is 19.0. The molecule has 0 saturated heterocycles. The number of aromatic nitrogens is 1. The molecule has 3 rings (SSSR count). The summed E-state index contributed by atoms with van der Waals surface area (Å²) in [6.07, 6.45) is -4.48. The number of hydrogen-bond donors (Lipinski definition) is 2. The van der Waals surface area contributed by atoms with Gasteiger partial charge in [0.2, 0.25) is 0 Å². The fraction of sp³-hybridized carbons (Fsp3) is 0.364. The molecule has 0 fully saturated rings. The third-order valence-electron chi connectivity index (χ3n) is 4.95. The molecule has 2 aromatic carbocycles. The van der Waals surface area contributed by atoms with Crippen molar-refractivity contribution in [3.8, 4) is 5.75 Å². The molecule has 0 saturated carbocycles. The van der Waals surface area contributed by atoms with Crippen LogP contribution in [-0.2, 0) is 22.2 Å². The van der Waals surface area contributed by atoms with Crippen molar-refractivity contribution < 1.29 is 32.5 Å². The first-order valence-electron chi connectivity index (χ1n) is 10.1. The minimum atomic E-state index is -4.48. The van der Waals surface area contributed by atoms with Gasteiger partial charge < -0.3 is 14.6 Å². The fourth-order valence-electron chi connectivity index (χ4n) is 3.22. The Balaban J connectivity index is 0.00000432. The molecular formula is C22H24Cl2F3N3O4S. The van der Waals surface area contributed by atoms with Crippen LogP contribution in [0.1, 0.15) is 21.5 Å². The minimum absolute atomic E-state index is 0. The van der Waals surface area contributed by atoms with Gasteiger partial charge in [-0.3, -0.25) is 15.0 Å². The number of ether oxygens (including phenoxy) is 2. The summed E-state index contributed by atoms with van der Waals surface area (Å²) in [6, 6.07) is 6.04. The molecule has 1 amide bonds. The lowest BCUT2D eigenvalue weighted by atomic mass is 10.1. The number of thiazole rings is 1. The third kappa shape index (κ3) is 7.66. The van der Waals surface area contributed by atoms with Gasteiger partial charge >= 0.3 is 6.18 Å². The molecule has 0 bridgehead atoms. The van der Waals surface area contributed by atoms with E-state index in [4.69, 9.17) is 21.1 Å². The lowest BCUT2D eigenvalue weighted by Crippen LogP contribution is -2.30. The summed E-state index contributed by atoms with van der Waals surface area (Å²) in [7, 11) is 3.17. The number of amides is 1. The molecule has 192 valence electrons. The highest BCUT2D eigenvalue weighted by atomic mass is 35.5. The molecule has 7 nitrogen and oxygen atoms in total. The zero-order valence-electron chi connectivity index (χ0n) is 18.8. The number of methoxy groups -OCH3 is 2. The van der Waals surface area contributed by atoms with E-state index in [-0.39, 0.29) is 38.6 Å². The SMILES string of the molecule is COCCN(CCOC)Cc1cc(Cl)cc(C(=O)Nc2nc3ccc(C(F)(F)F)cc3s2)c1O.Cl. The standard InChI is InChI=1S/C22H23ClF3N3O4S.ClH/c1-32-7-5-29(6-8-33-2)12-13-9-15(23)11-16(19(13)30)20(31)28-21-27-17-4-3-14(22(24,25)26)10-18(17)34-21;/h3-4,9-11,30H,5-8,12H2,1-2H3,(H,27,28,31);1H. The maximum Gasteiger partial charge on any atom is 0.416 e. The Labute approximate surface area is 215 Å². The monoisotopic (exact) mass is 553 g/mol. The van der Waals surface area contributed by atoms with Gasteiger partial charge in [0.1, 0.15) is 5.75 Å². The highest BCUT2D eigenvalue weighted by Crippen LogP contribution is 2.35. The number of phenols is 1. The molecule has 0 aliphatic rings. The molecule has 35 heavy (non-hydrogen) atoms. The van der Waals surface area contributed by atoms with Gasteiger partial charge in [-0.15, -0.1) is 12.4 Å². The van der Waals surface area contributed by atoms with Crippen LogP contribution in [-0.4, -0.2) is 61.4 Å². The van der Waals surface area contributed by atoms with Crippen molar-refractivity contribution in [2.24, 2.45) is 0 Å². The molecule has 0 unspecified atom stereocenters. The van der Waals surface area contributed by atoms with E-state index in [1.165, 1.54) is 12.1 Å². The molecule has 0 aliphatic carbocycles. The maximum absolute atomic E-state index is 13.0. The van der Waals surface area contributed by atoms with Gasteiger partial charge in [0.15, 0.2) is 5.13 Å². The van der Waals surface area contributed by atoms with Crippen molar-refractivity contribution in [2.75, 3.05) is 45.8 Å². The second kappa shape index (κ2) is 12.7. The average molecular weight is 554 g/mol. The second-order valence-electron chi connectivity index (χ2n) is 7.38. The lowest BCUT2D eigenvalue weighted by molar-refractivity contribution is -0.137. The van der Waals surface area contributed by atoms with Crippen molar-refractivity contribution in [3.63, 3.8) is 0 Å². The number of carbonyl (C=O) groups is 1. The molecule has 2 N–H and O–H groups in total. The maximum atomic E-state index is 13.0. The summed E-state index contributed by atoms with van der Waals surface area (Å²) < 4.78 is 49.4. The first-order valence-corrected chi connectivity index (χ1v) is 11.3. The Morgan fingerprint density at radius 1 is 1.17 bits per heavy atom. The van der Waals surface area contributed by atoms with E-state index in [9.17, 15) is 23.1 Å². The molecule has 0 aliphatic heterocycles. The van der Waals surface area contributed by atoms with Crippen molar-refractivity contribution in [1.82, 2.24) is 9.88 Å². The summed E-state index contributed by atoms with van der Waals surface area (Å²) in [6.45, 7) is 2.36. The number of benzene rings is 2. The van der Waals surface area contributed by atoms with Crippen LogP contribution < -0.4 is 5.32 Å². The highest BCUT2D eigenvalue weighted by molar-refractivity contribution is 7.22. The van der Waals surface area contributed by atoms with Crippen LogP contribution in [0.15, 0.2) is 30.3 Å². The highest BCUT2D eigenvalue weighted by Gasteiger charge is 2.31. The summed E-state index contributed by atoms with van der Waals surface area (Å²) in [5, 5.41) is 13.7. The molecule has 1 heterocycles. The average Bonchev–Trinajstić information content (AvgIpc) is 3.18. The molecule has 0 spiro atoms. The normalized spacial score (nSPS) is 11.6. The zero-order valence-corrected chi connectivity index (χ0v) is 21.2. The number of aromatic hydroxyl groups is 1. The molecular weight excluding hydrogens is 530 g/mol. The molecule has 13 heteroatoms. The number of carbonyl (C=O) groups excluding carboxylic acids is 1. The van der Waals surface area contributed by atoms with Crippen molar-refractivity contribution in [2.45, 2.75) is 12.7 Å². The summed E-state index contributed by atoms with van der Waals surface area (Å²) >= 11 is 7.11. The second-order valence-corrected chi connectivity index (χ2v) is 8.84. The van der Waals surface area contributed by atoms with Crippen LogP contribution in [0, 0.1) is 0 Å². The van der Waals surface area contributed by atoms with Gasteiger partial charge in [-0.25, -0.2) is 4.98 Å². The Morgan fingerprint density at radius 3 is 2.43 bits per heavy atom. The van der Waals surface area contributed by atoms with E-state index in [2.05, 4.69) is 10.3 Å². The van der Waals surface area contributed by atoms with E-state index in [0.717, 1.165) is 23.5 Å². The van der Waals surface area contributed by atoms with Gasteiger partial charge in [0.05, 0.1) is 34.6 Å². The molecule has 0 radical (unpaired) electrons. The summed E-state index contributed by atoms with van der Waals surface area (Å²) in [5.74, 6) is -0.932. The van der Waals surface area contributed by atoms with Crippen LogP contribution in [0.4, 0.5) is 18.3 Å². The topological polar surface area (TPSA) is 83.9 Å². The number of fused-ring (bicyclic) bond motifs is 1. The van der Waals surface area contributed by atoms with Crippen LogP contribution in [0.5, 0.6) is 5.75 Å². The quantitative estimate of drug-likeness (QED) is 0.347. The van der Waals surface area contributed by atoms with Crippen LogP contribution in [0.3, 0.4) is 0 Å². The number of halogens is 5. The van der Waals surface area contributed by atoms with E-state index in [1.807, 2.05) is 4.90 Å². The number of rotatable bonds is 10. The number of hydrogen-bond acceptors (Lipinski definition) is 7. The van der Waals surface area contributed by atoms with Gasteiger partial charge in [-0.05, 0) is 30.3 Å². The van der Waals surface area contributed by atoms with Gasteiger partial charge in [0, 0.05) is 44.4 Å². The smallest absolute Gasteiger partial charge is 0.416 e. The Morgan fingerprint density at radius 2 is 1.83 bits per heavy atom. The number of phenolic OH excluding ortho intramolecular Hbond substituents is 1. The third-order valence-corrected chi connectivity index (χ3v) is 6.10. The number of alkyl halides is 3. The van der Waals surface area contributed by atoms with E-state index < -0.39 is 17.6 Å². The van der Waals surface area contributed by atoms with E-state index in [1.54, 1.807) is 20.3 Å². The Kier molecular flexibility index (Phi) is 10.6. The van der Waals surface area contributed by atoms with E-state index in [0.29, 0.717) is 43.9 Å². The predicted molar refractivity (Wildman–Crippen MR) is 132 cm³/mol. The lowest BCUT2D eigenvalue weighted by Gasteiger charge is -2.22. The predicted octanol–water partition coefficient (Wildman–Crippen LogP) is 5.44. The first-order chi connectivity index (χ1) is 16.1. The summed E-state index contributed by atoms with van der Waals surface area (Å²) in [5.41, 5.74) is -0.124. The largest absolute Gasteiger partial charge is 0.507 e. The fourth-order valence-corrected chi connectivity index (χ4v) is 4.36.